The Hall–Kier alpha value is -2.01. The van der Waals surface area contributed by atoms with E-state index in [0.717, 1.165) is 27.0 Å². The Bertz CT molecular complexity index is 704. The van der Waals surface area contributed by atoms with Gasteiger partial charge >= 0.3 is 0 Å². The van der Waals surface area contributed by atoms with Crippen molar-refractivity contribution < 1.29 is 9.53 Å². The zero-order valence-corrected chi connectivity index (χ0v) is 15.9. The van der Waals surface area contributed by atoms with E-state index in [1.807, 2.05) is 54.3 Å². The summed E-state index contributed by atoms with van der Waals surface area (Å²) in [5.41, 5.74) is 3.20. The number of anilines is 1. The van der Waals surface area contributed by atoms with Crippen LogP contribution in [0, 0.1) is 0 Å². The normalized spacial score (nSPS) is 10.3. The molecule has 0 fully saturated rings. The fourth-order valence-electron chi connectivity index (χ4n) is 2.56. The van der Waals surface area contributed by atoms with Crippen molar-refractivity contribution in [3.63, 3.8) is 0 Å². The molecule has 5 heteroatoms. The molecular formula is C19H23BrN2O2. The molecule has 0 aliphatic rings. The maximum absolute atomic E-state index is 11.7. The number of benzene rings is 2. The number of para-hydroxylation sites is 1. The first-order valence-corrected chi connectivity index (χ1v) is 8.74. The molecule has 0 unspecified atom stereocenters. The number of halogens is 1. The molecule has 0 heterocycles. The Morgan fingerprint density at radius 1 is 1.21 bits per heavy atom. The van der Waals surface area contributed by atoms with Crippen LogP contribution in [-0.2, 0) is 17.9 Å². The smallest absolute Gasteiger partial charge is 0.219 e. The third kappa shape index (κ3) is 4.74. The second kappa shape index (κ2) is 8.73. The molecule has 0 aliphatic heterocycles. The lowest BCUT2D eigenvalue weighted by Crippen LogP contribution is -2.28. The molecule has 0 radical (unpaired) electrons. The number of amides is 1. The number of nitrogens with zero attached hydrogens (tertiary/aromatic N) is 1. The molecule has 0 aromatic heterocycles. The summed E-state index contributed by atoms with van der Waals surface area (Å²) in [5.74, 6) is 0.933. The van der Waals surface area contributed by atoms with Gasteiger partial charge < -0.3 is 15.0 Å². The van der Waals surface area contributed by atoms with Crippen molar-refractivity contribution >= 4 is 27.5 Å². The van der Waals surface area contributed by atoms with Gasteiger partial charge in [0.2, 0.25) is 5.91 Å². The Balaban J connectivity index is 2.16. The Morgan fingerprint density at radius 2 is 1.96 bits per heavy atom. The van der Waals surface area contributed by atoms with Gasteiger partial charge in [0.15, 0.2) is 0 Å². The van der Waals surface area contributed by atoms with E-state index in [0.29, 0.717) is 19.6 Å². The van der Waals surface area contributed by atoms with E-state index < -0.39 is 0 Å². The molecule has 1 amide bonds. The lowest BCUT2D eigenvalue weighted by molar-refractivity contribution is -0.129. The van der Waals surface area contributed by atoms with Gasteiger partial charge in [0.25, 0.3) is 0 Å². The zero-order valence-electron chi connectivity index (χ0n) is 14.3. The van der Waals surface area contributed by atoms with Gasteiger partial charge in [-0.15, -0.1) is 0 Å². The minimum atomic E-state index is 0.0842. The first-order chi connectivity index (χ1) is 11.5. The van der Waals surface area contributed by atoms with Crippen LogP contribution in [-0.4, -0.2) is 24.5 Å². The molecule has 0 saturated carbocycles. The molecule has 2 aromatic carbocycles. The van der Waals surface area contributed by atoms with Gasteiger partial charge in [-0.3, -0.25) is 4.79 Å². The van der Waals surface area contributed by atoms with Crippen LogP contribution in [0.25, 0.3) is 0 Å². The maximum Gasteiger partial charge on any atom is 0.219 e. The Kier molecular flexibility index (Phi) is 6.67. The van der Waals surface area contributed by atoms with Crippen LogP contribution < -0.4 is 10.1 Å². The first-order valence-electron chi connectivity index (χ1n) is 7.94. The second-order valence-electron chi connectivity index (χ2n) is 5.50. The third-order valence-electron chi connectivity index (χ3n) is 3.92. The largest absolute Gasteiger partial charge is 0.496 e. The predicted molar refractivity (Wildman–Crippen MR) is 101 cm³/mol. The fraction of sp³-hybridized carbons (Fsp3) is 0.316. The van der Waals surface area contributed by atoms with Gasteiger partial charge in [-0.05, 0) is 36.8 Å². The molecule has 1 N–H and O–H groups in total. The predicted octanol–water partition coefficient (Wildman–Crippen LogP) is 4.44. The molecule has 2 rings (SSSR count). The number of carbonyl (C=O) groups excluding carboxylic acids is 1. The maximum atomic E-state index is 11.7. The molecule has 0 atom stereocenters. The lowest BCUT2D eigenvalue weighted by atomic mass is 10.1. The highest BCUT2D eigenvalue weighted by Crippen LogP contribution is 2.25. The third-order valence-corrected chi connectivity index (χ3v) is 4.41. The van der Waals surface area contributed by atoms with E-state index in [2.05, 4.69) is 21.2 Å². The number of ether oxygens (including phenoxy) is 1. The highest BCUT2D eigenvalue weighted by Gasteiger charge is 2.10. The molecule has 4 nitrogen and oxygen atoms in total. The van der Waals surface area contributed by atoms with E-state index in [4.69, 9.17) is 4.74 Å². The summed E-state index contributed by atoms with van der Waals surface area (Å²) in [6, 6.07) is 14.0. The van der Waals surface area contributed by atoms with Crippen molar-refractivity contribution in [1.82, 2.24) is 4.90 Å². The van der Waals surface area contributed by atoms with Gasteiger partial charge in [-0.25, -0.2) is 0 Å². The quantitative estimate of drug-likeness (QED) is 0.759. The average Bonchev–Trinajstić information content (AvgIpc) is 2.58. The highest BCUT2D eigenvalue weighted by molar-refractivity contribution is 9.10. The van der Waals surface area contributed by atoms with Crippen LogP contribution in [0.5, 0.6) is 5.75 Å². The molecule has 24 heavy (non-hydrogen) atoms. The van der Waals surface area contributed by atoms with Crippen LogP contribution in [0.2, 0.25) is 0 Å². The zero-order chi connectivity index (χ0) is 17.5. The molecule has 0 bridgehead atoms. The van der Waals surface area contributed by atoms with Crippen molar-refractivity contribution in [1.29, 1.82) is 0 Å². The number of hydrogen-bond donors (Lipinski definition) is 1. The summed E-state index contributed by atoms with van der Waals surface area (Å²) in [6.07, 6.45) is 0. The van der Waals surface area contributed by atoms with Crippen molar-refractivity contribution in [2.75, 3.05) is 19.0 Å². The van der Waals surface area contributed by atoms with E-state index in [-0.39, 0.29) is 5.91 Å². The molecular weight excluding hydrogens is 368 g/mol. The Morgan fingerprint density at radius 3 is 2.62 bits per heavy atom. The number of rotatable bonds is 7. The highest BCUT2D eigenvalue weighted by atomic mass is 79.9. The summed E-state index contributed by atoms with van der Waals surface area (Å²) in [7, 11) is 1.67. The Labute approximate surface area is 151 Å². The summed E-state index contributed by atoms with van der Waals surface area (Å²) < 4.78 is 6.43. The number of carbonyl (C=O) groups is 1. The van der Waals surface area contributed by atoms with E-state index in [1.54, 1.807) is 14.0 Å². The molecule has 128 valence electrons. The van der Waals surface area contributed by atoms with Crippen LogP contribution in [0.15, 0.2) is 46.9 Å². The lowest BCUT2D eigenvalue weighted by Gasteiger charge is -2.21. The van der Waals surface area contributed by atoms with E-state index in [1.165, 1.54) is 0 Å². The number of methoxy groups -OCH3 is 1. The number of hydrogen-bond acceptors (Lipinski definition) is 3. The second-order valence-corrected chi connectivity index (χ2v) is 6.42. The molecule has 0 spiro atoms. The van der Waals surface area contributed by atoms with Crippen LogP contribution in [0.3, 0.4) is 0 Å². The van der Waals surface area contributed by atoms with Crippen molar-refractivity contribution in [3.8, 4) is 5.75 Å². The van der Waals surface area contributed by atoms with E-state index >= 15 is 0 Å². The monoisotopic (exact) mass is 390 g/mol. The summed E-state index contributed by atoms with van der Waals surface area (Å²) in [4.78, 5) is 13.5. The average molecular weight is 391 g/mol. The minimum Gasteiger partial charge on any atom is -0.496 e. The van der Waals surface area contributed by atoms with Crippen molar-refractivity contribution in [2.24, 2.45) is 0 Å². The van der Waals surface area contributed by atoms with Crippen LogP contribution in [0.4, 0.5) is 5.69 Å². The topological polar surface area (TPSA) is 41.6 Å². The number of nitrogens with one attached hydrogen (secondary N) is 1. The van der Waals surface area contributed by atoms with Gasteiger partial charge in [-0.2, -0.15) is 0 Å². The minimum absolute atomic E-state index is 0.0842. The van der Waals surface area contributed by atoms with Crippen LogP contribution >= 0.6 is 15.9 Å². The van der Waals surface area contributed by atoms with E-state index in [9.17, 15) is 4.79 Å². The van der Waals surface area contributed by atoms with Crippen LogP contribution in [0.1, 0.15) is 25.0 Å². The summed E-state index contributed by atoms with van der Waals surface area (Å²) in [5, 5.41) is 3.46. The van der Waals surface area contributed by atoms with Gasteiger partial charge in [-0.1, -0.05) is 34.1 Å². The molecule has 0 saturated heterocycles. The first kappa shape index (κ1) is 18.3. The van der Waals surface area contributed by atoms with Gasteiger partial charge in [0, 0.05) is 42.3 Å². The van der Waals surface area contributed by atoms with Crippen molar-refractivity contribution in [3.05, 3.63) is 58.1 Å². The molecule has 2 aromatic rings. The summed E-state index contributed by atoms with van der Waals surface area (Å²) in [6.45, 7) is 5.54. The summed E-state index contributed by atoms with van der Waals surface area (Å²) >= 11 is 3.50. The van der Waals surface area contributed by atoms with Crippen molar-refractivity contribution in [2.45, 2.75) is 26.9 Å². The molecule has 0 aliphatic carbocycles. The fourth-order valence-corrected chi connectivity index (χ4v) is 2.97. The SMILES string of the molecule is CCN(Cc1ccccc1NCc1cc(Br)ccc1OC)C(C)=O. The van der Waals surface area contributed by atoms with Gasteiger partial charge in [0.1, 0.15) is 5.75 Å². The van der Waals surface area contributed by atoms with Gasteiger partial charge in [0.05, 0.1) is 7.11 Å². The standard InChI is InChI=1S/C19H23BrN2O2/c1-4-22(14(2)23)13-15-7-5-6-8-18(15)21-12-16-11-17(20)9-10-19(16)24-3/h5-11,21H,4,12-13H2,1-3H3.